The maximum atomic E-state index is 12.1. The van der Waals surface area contributed by atoms with E-state index in [0.717, 1.165) is 11.1 Å². The smallest absolute Gasteiger partial charge is 0.408 e. The van der Waals surface area contributed by atoms with Crippen molar-refractivity contribution in [3.63, 3.8) is 0 Å². The van der Waals surface area contributed by atoms with E-state index in [4.69, 9.17) is 14.2 Å². The molecule has 0 fully saturated rings. The van der Waals surface area contributed by atoms with Crippen LogP contribution in [-0.4, -0.2) is 43.9 Å². The summed E-state index contributed by atoms with van der Waals surface area (Å²) in [5, 5.41) is 2.55. The number of alkyl carbamates (subject to hydrolysis) is 1. The second-order valence-electron chi connectivity index (χ2n) is 8.05. The van der Waals surface area contributed by atoms with Crippen LogP contribution in [0.1, 0.15) is 42.3 Å². The largest absolute Gasteiger partial charge is 0.489 e. The summed E-state index contributed by atoms with van der Waals surface area (Å²) >= 11 is 0. The van der Waals surface area contributed by atoms with Crippen molar-refractivity contribution in [3.05, 3.63) is 65.2 Å². The average molecular weight is 443 g/mol. The summed E-state index contributed by atoms with van der Waals surface area (Å²) in [4.78, 5) is 35.6. The van der Waals surface area contributed by atoms with E-state index in [0.29, 0.717) is 17.9 Å². The zero-order valence-corrected chi connectivity index (χ0v) is 19.0. The molecule has 0 aliphatic rings. The molecule has 1 atom stereocenters. The van der Waals surface area contributed by atoms with Crippen LogP contribution in [-0.2, 0) is 32.0 Å². The molecule has 8 nitrogen and oxygen atoms in total. The molecule has 32 heavy (non-hydrogen) atoms. The van der Waals surface area contributed by atoms with Crippen LogP contribution in [0, 0.1) is 0 Å². The minimum absolute atomic E-state index is 0.237. The van der Waals surface area contributed by atoms with E-state index in [1.807, 2.05) is 12.1 Å². The summed E-state index contributed by atoms with van der Waals surface area (Å²) in [5.41, 5.74) is 1.50. The van der Waals surface area contributed by atoms with Gasteiger partial charge in [-0.1, -0.05) is 24.3 Å². The molecule has 8 heteroatoms. The Kier molecular flexibility index (Phi) is 8.63. The molecule has 0 aromatic heterocycles. The normalized spacial score (nSPS) is 11.8. The van der Waals surface area contributed by atoms with E-state index >= 15 is 0 Å². The van der Waals surface area contributed by atoms with Gasteiger partial charge in [0, 0.05) is 6.42 Å². The number of methoxy groups -OCH3 is 2. The van der Waals surface area contributed by atoms with Crippen molar-refractivity contribution in [2.24, 2.45) is 0 Å². The van der Waals surface area contributed by atoms with Gasteiger partial charge in [-0.2, -0.15) is 0 Å². The van der Waals surface area contributed by atoms with Gasteiger partial charge < -0.3 is 24.3 Å². The molecule has 1 N–H and O–H groups in total. The van der Waals surface area contributed by atoms with Crippen LogP contribution in [0.3, 0.4) is 0 Å². The van der Waals surface area contributed by atoms with Gasteiger partial charge in [0.2, 0.25) is 0 Å². The molecule has 0 heterocycles. The summed E-state index contributed by atoms with van der Waals surface area (Å²) in [5.74, 6) is -0.313. The van der Waals surface area contributed by atoms with Crippen LogP contribution < -0.4 is 10.1 Å². The highest BCUT2D eigenvalue weighted by Gasteiger charge is 2.25. The number of rotatable bonds is 8. The fourth-order valence-corrected chi connectivity index (χ4v) is 2.76. The summed E-state index contributed by atoms with van der Waals surface area (Å²) in [6, 6.07) is 13.2. The lowest BCUT2D eigenvalue weighted by molar-refractivity contribution is -0.143. The van der Waals surface area contributed by atoms with Gasteiger partial charge in [-0.05, 0) is 56.2 Å². The zero-order valence-electron chi connectivity index (χ0n) is 19.0. The standard InChI is InChI=1S/C24H29NO7/c1-24(2,3)32-23(28)25-20(22(27)30-5)14-16-8-12-19(13-9-16)31-15-17-6-10-18(11-7-17)21(26)29-4/h6-13,20H,14-15H2,1-5H3,(H,25,28)/t20-/m0/s1. The number of esters is 2. The van der Waals surface area contributed by atoms with Crippen LogP contribution in [0.15, 0.2) is 48.5 Å². The molecule has 2 aromatic carbocycles. The number of nitrogens with one attached hydrogen (secondary N) is 1. The van der Waals surface area contributed by atoms with Crippen molar-refractivity contribution >= 4 is 18.0 Å². The van der Waals surface area contributed by atoms with E-state index in [1.165, 1.54) is 14.2 Å². The van der Waals surface area contributed by atoms with Gasteiger partial charge in [-0.3, -0.25) is 0 Å². The van der Waals surface area contributed by atoms with Gasteiger partial charge in [0.1, 0.15) is 24.0 Å². The van der Waals surface area contributed by atoms with E-state index in [9.17, 15) is 14.4 Å². The van der Waals surface area contributed by atoms with Crippen LogP contribution >= 0.6 is 0 Å². The number of amides is 1. The van der Waals surface area contributed by atoms with Crippen molar-refractivity contribution in [1.29, 1.82) is 0 Å². The molecule has 0 saturated heterocycles. The summed E-state index contributed by atoms with van der Waals surface area (Å²) in [6.07, 6.45) is -0.452. The molecular formula is C24H29NO7. The molecule has 0 unspecified atom stereocenters. The molecule has 0 spiro atoms. The molecule has 0 bridgehead atoms. The number of ether oxygens (including phenoxy) is 4. The Morgan fingerprint density at radius 2 is 1.47 bits per heavy atom. The second-order valence-corrected chi connectivity index (χ2v) is 8.05. The highest BCUT2D eigenvalue weighted by Crippen LogP contribution is 2.16. The topological polar surface area (TPSA) is 100 Å². The van der Waals surface area contributed by atoms with E-state index in [1.54, 1.807) is 57.2 Å². The maximum Gasteiger partial charge on any atom is 0.408 e. The Labute approximate surface area is 187 Å². The van der Waals surface area contributed by atoms with Crippen LogP contribution in [0.2, 0.25) is 0 Å². The number of carbonyl (C=O) groups excluding carboxylic acids is 3. The van der Waals surface area contributed by atoms with Gasteiger partial charge in [0.25, 0.3) is 0 Å². The van der Waals surface area contributed by atoms with Crippen molar-refractivity contribution in [2.75, 3.05) is 14.2 Å². The first-order chi connectivity index (χ1) is 15.1. The summed E-state index contributed by atoms with van der Waals surface area (Å²) in [6.45, 7) is 5.55. The summed E-state index contributed by atoms with van der Waals surface area (Å²) in [7, 11) is 2.60. The third kappa shape index (κ3) is 7.94. The fraction of sp³-hybridized carbons (Fsp3) is 0.375. The molecule has 0 aliphatic heterocycles. The Bertz CT molecular complexity index is 915. The number of benzene rings is 2. The average Bonchev–Trinajstić information content (AvgIpc) is 2.76. The molecule has 0 radical (unpaired) electrons. The van der Waals surface area contributed by atoms with Crippen LogP contribution in [0.5, 0.6) is 5.75 Å². The zero-order chi connectivity index (χ0) is 23.7. The lowest BCUT2D eigenvalue weighted by atomic mass is 10.1. The molecule has 2 aromatic rings. The van der Waals surface area contributed by atoms with Crippen molar-refractivity contribution in [3.8, 4) is 5.75 Å². The minimum Gasteiger partial charge on any atom is -0.489 e. The highest BCUT2D eigenvalue weighted by atomic mass is 16.6. The monoisotopic (exact) mass is 443 g/mol. The molecule has 1 amide bonds. The number of hydrogen-bond donors (Lipinski definition) is 1. The van der Waals surface area contributed by atoms with Gasteiger partial charge in [-0.25, -0.2) is 14.4 Å². The van der Waals surface area contributed by atoms with E-state index in [2.05, 4.69) is 10.1 Å². The minimum atomic E-state index is -0.880. The second kappa shape index (κ2) is 11.2. The first-order valence-electron chi connectivity index (χ1n) is 10.1. The molecule has 0 saturated carbocycles. The Hall–Kier alpha value is -3.55. The lowest BCUT2D eigenvalue weighted by Gasteiger charge is -2.22. The quantitative estimate of drug-likeness (QED) is 0.491. The Morgan fingerprint density at radius 3 is 2.00 bits per heavy atom. The van der Waals surface area contributed by atoms with Gasteiger partial charge >= 0.3 is 18.0 Å². The van der Waals surface area contributed by atoms with E-state index in [-0.39, 0.29) is 12.4 Å². The molecule has 0 aliphatic carbocycles. The van der Waals surface area contributed by atoms with Crippen molar-refractivity contribution in [2.45, 2.75) is 45.4 Å². The molecular weight excluding hydrogens is 414 g/mol. The third-order valence-electron chi connectivity index (χ3n) is 4.32. The predicted molar refractivity (Wildman–Crippen MR) is 117 cm³/mol. The summed E-state index contributed by atoms with van der Waals surface area (Å²) < 4.78 is 20.5. The van der Waals surface area contributed by atoms with Gasteiger partial charge in [0.05, 0.1) is 19.8 Å². The first-order valence-corrected chi connectivity index (χ1v) is 10.1. The van der Waals surface area contributed by atoms with Crippen LogP contribution in [0.4, 0.5) is 4.79 Å². The first kappa shape index (κ1) is 24.7. The molecule has 2 rings (SSSR count). The maximum absolute atomic E-state index is 12.1. The Balaban J connectivity index is 1.95. The lowest BCUT2D eigenvalue weighted by Crippen LogP contribution is -2.45. The number of hydrogen-bond acceptors (Lipinski definition) is 7. The van der Waals surface area contributed by atoms with Crippen molar-refractivity contribution in [1.82, 2.24) is 5.32 Å². The van der Waals surface area contributed by atoms with Crippen molar-refractivity contribution < 1.29 is 33.3 Å². The molecule has 172 valence electrons. The highest BCUT2D eigenvalue weighted by molar-refractivity contribution is 5.89. The SMILES string of the molecule is COC(=O)c1ccc(COc2ccc(C[C@H](NC(=O)OC(C)(C)C)C(=O)OC)cc2)cc1. The van der Waals surface area contributed by atoms with E-state index < -0.39 is 23.7 Å². The fourth-order valence-electron chi connectivity index (χ4n) is 2.76. The van der Waals surface area contributed by atoms with Crippen LogP contribution in [0.25, 0.3) is 0 Å². The number of carbonyl (C=O) groups is 3. The Morgan fingerprint density at radius 1 is 0.875 bits per heavy atom. The van der Waals surface area contributed by atoms with Gasteiger partial charge in [-0.15, -0.1) is 0 Å². The third-order valence-corrected chi connectivity index (χ3v) is 4.32. The van der Waals surface area contributed by atoms with Gasteiger partial charge in [0.15, 0.2) is 0 Å². The predicted octanol–water partition coefficient (Wildman–Crippen LogP) is 3.66.